The van der Waals surface area contributed by atoms with Gasteiger partial charge in [0.1, 0.15) is 0 Å². The van der Waals surface area contributed by atoms with Gasteiger partial charge in [-0.3, -0.25) is 4.90 Å². The lowest BCUT2D eigenvalue weighted by Gasteiger charge is -2.46. The Hall–Kier alpha value is 0.170. The number of nitrogens with one attached hydrogen (secondary N) is 1. The zero-order chi connectivity index (χ0) is 10.0. The second-order valence-corrected chi connectivity index (χ2v) is 4.87. The summed E-state index contributed by atoms with van der Waals surface area (Å²) in [5.41, 5.74) is 0.478. The van der Waals surface area contributed by atoms with E-state index in [1.54, 1.807) is 0 Å². The fourth-order valence-corrected chi connectivity index (χ4v) is 2.35. The van der Waals surface area contributed by atoms with Crippen molar-refractivity contribution in [2.75, 3.05) is 39.4 Å². The van der Waals surface area contributed by atoms with Crippen molar-refractivity contribution < 1.29 is 4.74 Å². The van der Waals surface area contributed by atoms with E-state index in [4.69, 9.17) is 4.74 Å². The molecule has 0 aliphatic carbocycles. The molecule has 3 nitrogen and oxygen atoms in total. The molecule has 2 fully saturated rings. The van der Waals surface area contributed by atoms with Crippen LogP contribution in [0.25, 0.3) is 0 Å². The first kappa shape index (κ1) is 13.2. The van der Waals surface area contributed by atoms with Crippen LogP contribution in [-0.2, 0) is 4.74 Å². The van der Waals surface area contributed by atoms with Gasteiger partial charge in [0, 0.05) is 37.6 Å². The number of hydrogen-bond acceptors (Lipinski definition) is 3. The molecule has 0 aromatic rings. The first-order valence-corrected chi connectivity index (χ1v) is 5.78. The first-order valence-electron chi connectivity index (χ1n) is 5.78. The van der Waals surface area contributed by atoms with Crippen LogP contribution in [0.15, 0.2) is 0 Å². The molecule has 0 bridgehead atoms. The van der Waals surface area contributed by atoms with Crippen LogP contribution >= 0.6 is 12.4 Å². The van der Waals surface area contributed by atoms with Crippen molar-refractivity contribution in [1.29, 1.82) is 0 Å². The van der Waals surface area contributed by atoms with E-state index in [0.29, 0.717) is 11.5 Å². The van der Waals surface area contributed by atoms with Crippen molar-refractivity contribution in [2.24, 2.45) is 5.41 Å². The standard InChI is InChI=1S/C11H22N2O.ClH/c1-3-11(8-14-9-11)7-13-5-4-12-6-10(13)2;/h10,12H,3-9H2,1-2H3;1H. The minimum absolute atomic E-state index is 0. The second-order valence-electron chi connectivity index (χ2n) is 4.87. The normalized spacial score (nSPS) is 30.4. The molecule has 2 aliphatic rings. The average molecular weight is 235 g/mol. The van der Waals surface area contributed by atoms with Gasteiger partial charge in [0.2, 0.25) is 0 Å². The molecular weight excluding hydrogens is 212 g/mol. The van der Waals surface area contributed by atoms with Gasteiger partial charge in [0.05, 0.1) is 13.2 Å². The molecule has 2 rings (SSSR count). The lowest BCUT2D eigenvalue weighted by molar-refractivity contribution is -0.132. The largest absolute Gasteiger partial charge is 0.380 e. The van der Waals surface area contributed by atoms with E-state index in [-0.39, 0.29) is 12.4 Å². The highest BCUT2D eigenvalue weighted by Crippen LogP contribution is 2.32. The highest BCUT2D eigenvalue weighted by atomic mass is 35.5. The minimum atomic E-state index is 0. The summed E-state index contributed by atoms with van der Waals surface area (Å²) in [5, 5.41) is 3.43. The third-order valence-corrected chi connectivity index (χ3v) is 3.74. The van der Waals surface area contributed by atoms with E-state index < -0.39 is 0 Å². The predicted molar refractivity (Wildman–Crippen MR) is 64.7 cm³/mol. The Balaban J connectivity index is 0.00000112. The van der Waals surface area contributed by atoms with Crippen LogP contribution in [0.3, 0.4) is 0 Å². The summed E-state index contributed by atoms with van der Waals surface area (Å²) in [6.45, 7) is 11.3. The Bertz CT molecular complexity index is 192. The number of nitrogens with zero attached hydrogens (tertiary/aromatic N) is 1. The molecule has 4 heteroatoms. The van der Waals surface area contributed by atoms with E-state index in [1.807, 2.05) is 0 Å². The fourth-order valence-electron chi connectivity index (χ4n) is 2.35. The monoisotopic (exact) mass is 234 g/mol. The molecule has 15 heavy (non-hydrogen) atoms. The van der Waals surface area contributed by atoms with E-state index in [9.17, 15) is 0 Å². The Morgan fingerprint density at radius 3 is 2.67 bits per heavy atom. The van der Waals surface area contributed by atoms with Crippen molar-refractivity contribution in [1.82, 2.24) is 10.2 Å². The van der Waals surface area contributed by atoms with Gasteiger partial charge in [-0.15, -0.1) is 12.4 Å². The van der Waals surface area contributed by atoms with E-state index in [2.05, 4.69) is 24.1 Å². The zero-order valence-electron chi connectivity index (χ0n) is 9.79. The maximum absolute atomic E-state index is 5.36. The number of hydrogen-bond donors (Lipinski definition) is 1. The SMILES string of the molecule is CCC1(CN2CCNCC2C)COC1.Cl. The van der Waals surface area contributed by atoms with Crippen molar-refractivity contribution in [3.63, 3.8) is 0 Å². The topological polar surface area (TPSA) is 24.5 Å². The molecule has 0 aromatic carbocycles. The van der Waals surface area contributed by atoms with Crippen LogP contribution in [0.1, 0.15) is 20.3 Å². The van der Waals surface area contributed by atoms with Crippen LogP contribution in [0.2, 0.25) is 0 Å². The quantitative estimate of drug-likeness (QED) is 0.793. The number of piperazine rings is 1. The van der Waals surface area contributed by atoms with Crippen molar-refractivity contribution in [3.8, 4) is 0 Å². The number of ether oxygens (including phenoxy) is 1. The molecule has 0 radical (unpaired) electrons. The van der Waals surface area contributed by atoms with Crippen LogP contribution < -0.4 is 5.32 Å². The summed E-state index contributed by atoms with van der Waals surface area (Å²) in [6, 6.07) is 0.688. The van der Waals surface area contributed by atoms with E-state index in [0.717, 1.165) is 26.3 Å². The summed E-state index contributed by atoms with van der Waals surface area (Å²) in [7, 11) is 0. The summed E-state index contributed by atoms with van der Waals surface area (Å²) < 4.78 is 5.36. The lowest BCUT2D eigenvalue weighted by Crippen LogP contribution is -2.57. The molecular formula is C11H23ClN2O. The molecule has 2 saturated heterocycles. The molecule has 1 unspecified atom stereocenters. The third-order valence-electron chi connectivity index (χ3n) is 3.74. The maximum atomic E-state index is 5.36. The van der Waals surface area contributed by atoms with Gasteiger partial charge in [-0.25, -0.2) is 0 Å². The summed E-state index contributed by atoms with van der Waals surface area (Å²) in [5.74, 6) is 0. The first-order chi connectivity index (χ1) is 6.76. The Kier molecular flexibility index (Phi) is 4.84. The van der Waals surface area contributed by atoms with Crippen molar-refractivity contribution in [2.45, 2.75) is 26.3 Å². The van der Waals surface area contributed by atoms with Gasteiger partial charge >= 0.3 is 0 Å². The molecule has 2 aliphatic heterocycles. The number of rotatable bonds is 3. The van der Waals surface area contributed by atoms with Gasteiger partial charge in [-0.05, 0) is 13.3 Å². The van der Waals surface area contributed by atoms with E-state index >= 15 is 0 Å². The van der Waals surface area contributed by atoms with Gasteiger partial charge < -0.3 is 10.1 Å². The van der Waals surface area contributed by atoms with Crippen molar-refractivity contribution in [3.05, 3.63) is 0 Å². The average Bonchev–Trinajstić information content (AvgIpc) is 2.14. The van der Waals surface area contributed by atoms with Crippen LogP contribution in [-0.4, -0.2) is 50.3 Å². The van der Waals surface area contributed by atoms with Crippen molar-refractivity contribution >= 4 is 12.4 Å². The van der Waals surface area contributed by atoms with Crippen LogP contribution in [0, 0.1) is 5.41 Å². The highest BCUT2D eigenvalue weighted by molar-refractivity contribution is 5.85. The molecule has 1 N–H and O–H groups in total. The van der Waals surface area contributed by atoms with E-state index in [1.165, 1.54) is 19.5 Å². The Morgan fingerprint density at radius 2 is 2.20 bits per heavy atom. The molecule has 0 amide bonds. The zero-order valence-corrected chi connectivity index (χ0v) is 10.6. The Labute approximate surface area is 99.0 Å². The predicted octanol–water partition coefficient (Wildman–Crippen LogP) is 1.13. The van der Waals surface area contributed by atoms with Gasteiger partial charge in [-0.2, -0.15) is 0 Å². The summed E-state index contributed by atoms with van der Waals surface area (Å²) in [6.07, 6.45) is 1.25. The molecule has 90 valence electrons. The smallest absolute Gasteiger partial charge is 0.0557 e. The fraction of sp³-hybridized carbons (Fsp3) is 1.00. The van der Waals surface area contributed by atoms with Gasteiger partial charge in [0.15, 0.2) is 0 Å². The molecule has 0 saturated carbocycles. The third kappa shape index (κ3) is 2.84. The lowest BCUT2D eigenvalue weighted by atomic mass is 9.82. The molecule has 2 heterocycles. The minimum Gasteiger partial charge on any atom is -0.380 e. The van der Waals surface area contributed by atoms with Crippen LogP contribution in [0.5, 0.6) is 0 Å². The van der Waals surface area contributed by atoms with Gasteiger partial charge in [0.25, 0.3) is 0 Å². The molecule has 1 atom stereocenters. The summed E-state index contributed by atoms with van der Waals surface area (Å²) in [4.78, 5) is 2.61. The number of halogens is 1. The molecule has 0 spiro atoms. The Morgan fingerprint density at radius 1 is 1.47 bits per heavy atom. The van der Waals surface area contributed by atoms with Gasteiger partial charge in [-0.1, -0.05) is 6.92 Å². The van der Waals surface area contributed by atoms with Crippen LogP contribution in [0.4, 0.5) is 0 Å². The molecule has 0 aromatic heterocycles. The highest BCUT2D eigenvalue weighted by Gasteiger charge is 2.39. The second kappa shape index (κ2) is 5.48. The summed E-state index contributed by atoms with van der Waals surface area (Å²) >= 11 is 0. The maximum Gasteiger partial charge on any atom is 0.0557 e.